The van der Waals surface area contributed by atoms with Crippen molar-refractivity contribution in [1.82, 2.24) is 4.40 Å². The van der Waals surface area contributed by atoms with Gasteiger partial charge in [0.15, 0.2) is 5.75 Å². The molecule has 1 aromatic carbocycles. The van der Waals surface area contributed by atoms with E-state index in [9.17, 15) is 14.0 Å². The number of aryl methyl sites for hydroxylation is 1. The number of nitrogens with zero attached hydrogens (tertiary/aromatic N) is 1. The van der Waals surface area contributed by atoms with Gasteiger partial charge in [-0.2, -0.15) is 0 Å². The predicted octanol–water partition coefficient (Wildman–Crippen LogP) is 3.93. The Morgan fingerprint density at radius 3 is 2.67 bits per heavy atom. The number of aromatic nitrogens is 1. The minimum Gasteiger partial charge on any atom is -0.449 e. The lowest BCUT2D eigenvalue weighted by Gasteiger charge is -2.16. The summed E-state index contributed by atoms with van der Waals surface area (Å²) in [7, 11) is 0. The fourth-order valence-corrected chi connectivity index (χ4v) is 3.47. The van der Waals surface area contributed by atoms with Crippen LogP contribution in [0.3, 0.4) is 0 Å². The van der Waals surface area contributed by atoms with Gasteiger partial charge in [-0.15, -0.1) is 0 Å². The van der Waals surface area contributed by atoms with Crippen molar-refractivity contribution < 1.29 is 19.0 Å². The second kappa shape index (κ2) is 6.12. The molecule has 1 fully saturated rings. The normalized spacial score (nSPS) is 13.7. The lowest BCUT2D eigenvalue weighted by Crippen LogP contribution is -2.20. The smallest absolute Gasteiger partial charge is 0.449 e. The van der Waals surface area contributed by atoms with Crippen LogP contribution < -0.4 is 16.0 Å². The molecular formula is C20H17FN2O4. The number of pyridine rings is 2. The molecule has 0 bridgehead atoms. The van der Waals surface area contributed by atoms with Crippen LogP contribution in [0.5, 0.6) is 5.75 Å². The molecule has 3 N–H and O–H groups in total. The molecule has 3 aromatic rings. The molecule has 0 radical (unpaired) electrons. The lowest BCUT2D eigenvalue weighted by molar-refractivity contribution is 0.143. The molecule has 1 aliphatic carbocycles. The Hall–Kier alpha value is -3.35. The van der Waals surface area contributed by atoms with Gasteiger partial charge in [0.1, 0.15) is 5.82 Å². The summed E-state index contributed by atoms with van der Waals surface area (Å²) in [6, 6.07) is 7.77. The van der Waals surface area contributed by atoms with Crippen molar-refractivity contribution in [3.8, 4) is 16.9 Å². The Morgan fingerprint density at radius 2 is 2.04 bits per heavy atom. The van der Waals surface area contributed by atoms with Crippen molar-refractivity contribution in [2.24, 2.45) is 0 Å². The summed E-state index contributed by atoms with van der Waals surface area (Å²) < 4.78 is 19.6. The van der Waals surface area contributed by atoms with Gasteiger partial charge in [0, 0.05) is 6.20 Å². The van der Waals surface area contributed by atoms with Gasteiger partial charge in [-0.05, 0) is 72.2 Å². The number of benzene rings is 1. The fourth-order valence-electron chi connectivity index (χ4n) is 3.47. The van der Waals surface area contributed by atoms with Gasteiger partial charge in [0.25, 0.3) is 5.56 Å². The highest BCUT2D eigenvalue weighted by molar-refractivity contribution is 5.79. The van der Waals surface area contributed by atoms with Crippen LogP contribution in [0.2, 0.25) is 0 Å². The van der Waals surface area contributed by atoms with Crippen LogP contribution in [-0.4, -0.2) is 15.7 Å². The topological polar surface area (TPSA) is 94.0 Å². The maximum atomic E-state index is 13.5. The Labute approximate surface area is 153 Å². The first kappa shape index (κ1) is 17.1. The number of nitrogen functional groups attached to an aromatic ring is 1. The van der Waals surface area contributed by atoms with Crippen LogP contribution in [0.1, 0.15) is 29.9 Å². The van der Waals surface area contributed by atoms with E-state index >= 15 is 0 Å². The Morgan fingerprint density at radius 1 is 1.30 bits per heavy atom. The van der Waals surface area contributed by atoms with Crippen LogP contribution in [0.25, 0.3) is 16.6 Å². The largest absolute Gasteiger partial charge is 0.511 e. The molecule has 1 aliphatic rings. The quantitative estimate of drug-likeness (QED) is 0.540. The van der Waals surface area contributed by atoms with E-state index in [1.165, 1.54) is 16.5 Å². The third kappa shape index (κ3) is 2.91. The SMILES string of the molecule is Cc1c(-c2ccc(F)c(N)c2)ccn2c(=O)c(OC(=O)O)cc(C3CC3)c12. The van der Waals surface area contributed by atoms with Gasteiger partial charge in [0.2, 0.25) is 0 Å². The van der Waals surface area contributed by atoms with Crippen molar-refractivity contribution in [2.75, 3.05) is 5.73 Å². The summed E-state index contributed by atoms with van der Waals surface area (Å²) in [5.41, 5.74) is 9.22. The third-order valence-corrected chi connectivity index (χ3v) is 4.90. The Bertz CT molecular complexity index is 1150. The number of ether oxygens (including phenoxy) is 1. The molecule has 0 saturated heterocycles. The van der Waals surface area contributed by atoms with Crippen LogP contribution in [0.4, 0.5) is 14.9 Å². The highest BCUT2D eigenvalue weighted by Gasteiger charge is 2.29. The summed E-state index contributed by atoms with van der Waals surface area (Å²) in [4.78, 5) is 23.6. The molecule has 7 heteroatoms. The van der Waals surface area contributed by atoms with Gasteiger partial charge in [-0.25, -0.2) is 9.18 Å². The standard InChI is InChI=1S/C20H17FN2O4/c1-10-13(12-4-5-15(21)16(22)8-12)6-7-23-18(10)14(11-2-3-11)9-17(19(23)24)27-20(25)26/h4-9,11H,2-3,22H2,1H3,(H,25,26). The molecule has 1 saturated carbocycles. The number of rotatable bonds is 3. The van der Waals surface area contributed by atoms with Gasteiger partial charge in [-0.3, -0.25) is 9.20 Å². The first-order valence-electron chi connectivity index (χ1n) is 8.52. The number of carboxylic acid groups (broad SMARTS) is 1. The predicted molar refractivity (Wildman–Crippen MR) is 98.8 cm³/mol. The van der Waals surface area contributed by atoms with E-state index in [1.807, 2.05) is 6.92 Å². The summed E-state index contributed by atoms with van der Waals surface area (Å²) in [5, 5.41) is 8.89. The molecule has 0 amide bonds. The number of carbonyl (C=O) groups is 1. The monoisotopic (exact) mass is 368 g/mol. The average Bonchev–Trinajstić information content (AvgIpc) is 3.45. The first-order valence-corrected chi connectivity index (χ1v) is 8.52. The molecule has 0 aliphatic heterocycles. The summed E-state index contributed by atoms with van der Waals surface area (Å²) in [6.07, 6.45) is 1.99. The number of fused-ring (bicyclic) bond motifs is 1. The van der Waals surface area contributed by atoms with E-state index in [4.69, 9.17) is 10.8 Å². The zero-order valence-corrected chi connectivity index (χ0v) is 14.5. The van der Waals surface area contributed by atoms with E-state index in [1.54, 1.807) is 24.4 Å². The third-order valence-electron chi connectivity index (χ3n) is 4.90. The van der Waals surface area contributed by atoms with Crippen LogP contribution in [0, 0.1) is 12.7 Å². The van der Waals surface area contributed by atoms with Gasteiger partial charge in [0.05, 0.1) is 11.2 Å². The van der Waals surface area contributed by atoms with E-state index in [0.717, 1.165) is 40.6 Å². The van der Waals surface area contributed by atoms with Crippen LogP contribution >= 0.6 is 0 Å². The molecule has 0 atom stereocenters. The molecule has 4 rings (SSSR count). The Balaban J connectivity index is 1.99. The molecule has 138 valence electrons. The number of hydrogen-bond acceptors (Lipinski definition) is 4. The lowest BCUT2D eigenvalue weighted by atomic mass is 9.97. The van der Waals surface area contributed by atoms with Gasteiger partial charge >= 0.3 is 6.16 Å². The molecule has 2 heterocycles. The number of hydrogen-bond donors (Lipinski definition) is 2. The Kier molecular flexibility index (Phi) is 3.87. The van der Waals surface area contributed by atoms with Crippen LogP contribution in [-0.2, 0) is 0 Å². The maximum absolute atomic E-state index is 13.5. The number of nitrogens with two attached hydrogens (primary N) is 1. The van der Waals surface area contributed by atoms with Gasteiger partial charge in [-0.1, -0.05) is 6.07 Å². The van der Waals surface area contributed by atoms with Crippen molar-refractivity contribution in [1.29, 1.82) is 0 Å². The van der Waals surface area contributed by atoms with E-state index < -0.39 is 17.5 Å². The summed E-state index contributed by atoms with van der Waals surface area (Å²) in [5.74, 6) is -0.438. The number of halogens is 1. The van der Waals surface area contributed by atoms with E-state index in [2.05, 4.69) is 4.74 Å². The minimum atomic E-state index is -1.52. The van der Waals surface area contributed by atoms with Crippen molar-refractivity contribution in [2.45, 2.75) is 25.7 Å². The van der Waals surface area contributed by atoms with Crippen molar-refractivity contribution in [3.63, 3.8) is 0 Å². The van der Waals surface area contributed by atoms with Gasteiger partial charge < -0.3 is 15.6 Å². The zero-order chi connectivity index (χ0) is 19.3. The second-order valence-electron chi connectivity index (χ2n) is 6.72. The highest BCUT2D eigenvalue weighted by Crippen LogP contribution is 2.44. The van der Waals surface area contributed by atoms with Crippen LogP contribution in [0.15, 0.2) is 41.3 Å². The molecule has 0 spiro atoms. The maximum Gasteiger partial charge on any atom is 0.511 e. The molecule has 6 nitrogen and oxygen atoms in total. The summed E-state index contributed by atoms with van der Waals surface area (Å²) >= 11 is 0. The molecule has 0 unspecified atom stereocenters. The minimum absolute atomic E-state index is 0.0526. The average molecular weight is 368 g/mol. The summed E-state index contributed by atoms with van der Waals surface area (Å²) in [6.45, 7) is 1.88. The van der Waals surface area contributed by atoms with E-state index in [0.29, 0.717) is 0 Å². The highest BCUT2D eigenvalue weighted by atomic mass is 19.1. The molecule has 27 heavy (non-hydrogen) atoms. The van der Waals surface area contributed by atoms with E-state index in [-0.39, 0.29) is 17.4 Å². The fraction of sp³-hybridized carbons (Fsp3) is 0.200. The van der Waals surface area contributed by atoms with Crippen molar-refractivity contribution in [3.05, 3.63) is 63.8 Å². The first-order chi connectivity index (χ1) is 12.9. The second-order valence-corrected chi connectivity index (χ2v) is 6.72. The zero-order valence-electron chi connectivity index (χ0n) is 14.5. The van der Waals surface area contributed by atoms with Crippen molar-refractivity contribution >= 4 is 17.4 Å². The molecular weight excluding hydrogens is 351 g/mol. The molecule has 2 aromatic heterocycles. The number of anilines is 1.